The minimum atomic E-state index is -1.52. The summed E-state index contributed by atoms with van der Waals surface area (Å²) in [6.45, 7) is 0. The van der Waals surface area contributed by atoms with Crippen LogP contribution in [-0.2, 0) is 0 Å². The zero-order valence-corrected chi connectivity index (χ0v) is 4.95. The van der Waals surface area contributed by atoms with E-state index in [0.717, 1.165) is 4.94 Å². The van der Waals surface area contributed by atoms with Crippen molar-refractivity contribution in [1.29, 1.82) is 0 Å². The first-order valence-corrected chi connectivity index (χ1v) is 4.01. The molecule has 0 radical (unpaired) electrons. The first kappa shape index (κ1) is 6.13. The minimum Gasteiger partial charge on any atom is -0.175 e. The largest absolute Gasteiger partial charge is 0.276 e. The van der Waals surface area contributed by atoms with Crippen molar-refractivity contribution in [2.45, 2.75) is 5.79 Å². The third-order valence-electron chi connectivity index (χ3n) is 0.358. The van der Waals surface area contributed by atoms with Crippen molar-refractivity contribution in [3.05, 3.63) is 11.0 Å². The zero-order chi connectivity index (χ0) is 4.99. The number of rotatable bonds is 1. The molecule has 6 heavy (non-hydrogen) atoms. The highest BCUT2D eigenvalue weighted by atomic mass is 27.1. The lowest BCUT2D eigenvalue weighted by Crippen LogP contribution is -1.69. The van der Waals surface area contributed by atoms with Gasteiger partial charge in [-0.15, -0.1) is 5.79 Å². The smallest absolute Gasteiger partial charge is 0.175 e. The van der Waals surface area contributed by atoms with E-state index in [1.54, 1.807) is 5.79 Å². The van der Waals surface area contributed by atoms with Crippen LogP contribution in [0, 0.1) is 0 Å². The fraction of sp³-hybridized carbons (Fsp3) is 0.333. The van der Waals surface area contributed by atoms with Gasteiger partial charge in [0.15, 0.2) is 0 Å². The third kappa shape index (κ3) is 4.13. The van der Waals surface area contributed by atoms with E-state index >= 15 is 0 Å². The molecule has 3 heteroatoms. The predicted molar refractivity (Wildman–Crippen MR) is 23.3 cm³/mol. The Morgan fingerprint density at radius 1 is 1.67 bits per heavy atom. The molecule has 0 rings (SSSR count). The molecule has 0 saturated carbocycles. The van der Waals surface area contributed by atoms with Gasteiger partial charge in [0.1, 0.15) is 0 Å². The molecule has 0 atom stereocenters. The molecular weight excluding hydrogens is 101 g/mol. The molecule has 0 aromatic carbocycles. The molecule has 0 saturated heterocycles. The second-order valence-corrected chi connectivity index (χ2v) is 2.13. The van der Waals surface area contributed by atoms with E-state index in [4.69, 9.17) is 0 Å². The average molecular weight is 106 g/mol. The summed E-state index contributed by atoms with van der Waals surface area (Å²) in [7, 11) is 0. The maximum atomic E-state index is 10.9. The average Bonchev–Trinajstić information content (AvgIpc) is 1.35. The van der Waals surface area contributed by atoms with E-state index in [9.17, 15) is 8.78 Å². The summed E-state index contributed by atoms with van der Waals surface area (Å²) < 4.78 is 21.9. The first-order valence-electron chi connectivity index (χ1n) is 1.78. The molecule has 0 amide bonds. The van der Waals surface area contributed by atoms with Gasteiger partial charge in [-0.2, -0.15) is 8.78 Å². The van der Waals surface area contributed by atoms with E-state index in [1.165, 1.54) is 0 Å². The molecule has 0 aromatic heterocycles. The Balaban J connectivity index is 3.14. The Morgan fingerprint density at radius 3 is 2.17 bits per heavy atom. The third-order valence-corrected chi connectivity index (χ3v) is 1.08. The topological polar surface area (TPSA) is 0 Å². The molecule has 0 spiro atoms. The van der Waals surface area contributed by atoms with Gasteiger partial charge in [0.25, 0.3) is 15.2 Å². The molecule has 0 unspecified atom stereocenters. The highest BCUT2D eigenvalue weighted by Crippen LogP contribution is 1.92. The minimum absolute atomic E-state index is 0.546. The van der Waals surface area contributed by atoms with Crippen LogP contribution in [0.25, 0.3) is 0 Å². The zero-order valence-electron chi connectivity index (χ0n) is 3.54. The summed E-state index contributed by atoms with van der Waals surface area (Å²) in [5, 5.41) is 0. The van der Waals surface area contributed by atoms with Gasteiger partial charge >= 0.3 is 0 Å². The first-order chi connectivity index (χ1) is 2.77. The van der Waals surface area contributed by atoms with Crippen molar-refractivity contribution in [2.24, 2.45) is 0 Å². The van der Waals surface area contributed by atoms with E-state index in [2.05, 4.69) is 0 Å². The van der Waals surface area contributed by atoms with Crippen LogP contribution in [0.15, 0.2) is 11.0 Å². The van der Waals surface area contributed by atoms with Crippen molar-refractivity contribution in [1.82, 2.24) is 0 Å². The molecule has 0 N–H and O–H groups in total. The van der Waals surface area contributed by atoms with Gasteiger partial charge in [-0.3, -0.25) is 0 Å². The molecule has 0 aliphatic carbocycles. The van der Waals surface area contributed by atoms with Crippen LogP contribution in [0.1, 0.15) is 0 Å². The normalized spacial score (nSPS) is 7.17. The van der Waals surface area contributed by atoms with E-state index in [-0.39, 0.29) is 0 Å². The second-order valence-electron chi connectivity index (χ2n) is 0.902. The van der Waals surface area contributed by atoms with Gasteiger partial charge in [-0.1, -0.05) is 4.94 Å². The van der Waals surface area contributed by atoms with Crippen LogP contribution in [-0.4, -0.2) is 15.2 Å². The lowest BCUT2D eigenvalue weighted by molar-refractivity contribution is 0.423. The van der Waals surface area contributed by atoms with Gasteiger partial charge in [-0.25, -0.2) is 0 Å². The molecular formula is C3H5AlF2. The summed E-state index contributed by atoms with van der Waals surface area (Å²) >= 11 is -0.546. The van der Waals surface area contributed by atoms with Crippen molar-refractivity contribution in [3.63, 3.8) is 0 Å². The summed E-state index contributed by atoms with van der Waals surface area (Å²) in [6, 6.07) is 0. The van der Waals surface area contributed by atoms with Crippen LogP contribution in [0.2, 0.25) is 5.79 Å². The Hall–Kier alpha value is 0.132. The SMILES string of the molecule is [CH3][AlH][CH]=C(F)F. The molecule has 0 bridgehead atoms. The lowest BCUT2D eigenvalue weighted by Gasteiger charge is -1.68. The van der Waals surface area contributed by atoms with Crippen molar-refractivity contribution in [2.75, 3.05) is 0 Å². The van der Waals surface area contributed by atoms with Crippen LogP contribution in [0.5, 0.6) is 0 Å². The van der Waals surface area contributed by atoms with Crippen LogP contribution < -0.4 is 0 Å². The Kier molecular flexibility index (Phi) is 3.40. The predicted octanol–water partition coefficient (Wildman–Crippen LogP) is 1.21. The van der Waals surface area contributed by atoms with Crippen LogP contribution >= 0.6 is 0 Å². The second kappa shape index (κ2) is 3.33. The maximum Gasteiger partial charge on any atom is 0.276 e. The highest BCUT2D eigenvalue weighted by molar-refractivity contribution is 6.40. The maximum absolute atomic E-state index is 10.9. The van der Waals surface area contributed by atoms with Crippen LogP contribution in [0.4, 0.5) is 8.78 Å². The van der Waals surface area contributed by atoms with Crippen molar-refractivity contribution >= 4 is 15.2 Å². The Bertz CT molecular complexity index is 55.8. The quantitative estimate of drug-likeness (QED) is 0.441. The van der Waals surface area contributed by atoms with Gasteiger partial charge < -0.3 is 0 Å². The van der Waals surface area contributed by atoms with Crippen LogP contribution in [0.3, 0.4) is 0 Å². The van der Waals surface area contributed by atoms with Crippen molar-refractivity contribution in [3.8, 4) is 0 Å². The van der Waals surface area contributed by atoms with Gasteiger partial charge in [0.05, 0.1) is 0 Å². The van der Waals surface area contributed by atoms with Crippen molar-refractivity contribution < 1.29 is 8.78 Å². The fourth-order valence-corrected chi connectivity index (χ4v) is 0.463. The molecule has 34 valence electrons. The Morgan fingerprint density at radius 2 is 2.17 bits per heavy atom. The van der Waals surface area contributed by atoms with E-state index in [1.807, 2.05) is 0 Å². The van der Waals surface area contributed by atoms with Gasteiger partial charge in [-0.05, 0) is 0 Å². The van der Waals surface area contributed by atoms with Gasteiger partial charge in [0.2, 0.25) is 6.08 Å². The number of halogens is 2. The molecule has 0 aromatic rings. The summed E-state index contributed by atoms with van der Waals surface area (Å²) in [4.78, 5) is 1.01. The van der Waals surface area contributed by atoms with E-state index in [0.29, 0.717) is 0 Å². The summed E-state index contributed by atoms with van der Waals surface area (Å²) in [5.74, 6) is 1.80. The molecule has 0 fully saturated rings. The molecule has 0 aliphatic rings. The highest BCUT2D eigenvalue weighted by Gasteiger charge is 1.81. The summed E-state index contributed by atoms with van der Waals surface area (Å²) in [6.07, 6.45) is -1.52. The monoisotopic (exact) mass is 106 g/mol. The molecule has 0 heterocycles. The fourth-order valence-electron chi connectivity index (χ4n) is 0.154. The standard InChI is InChI=1S/C2HF2.CH3.Al.H/c1-2(3)4;;;/h1H;1H3;;. The Labute approximate surface area is 41.6 Å². The van der Waals surface area contributed by atoms with E-state index < -0.39 is 21.3 Å². The summed E-state index contributed by atoms with van der Waals surface area (Å²) in [5.41, 5.74) is 0. The number of hydrogen-bond acceptors (Lipinski definition) is 0. The number of hydrogen-bond donors (Lipinski definition) is 0. The lowest BCUT2D eigenvalue weighted by atomic mass is 11.1. The van der Waals surface area contributed by atoms with Gasteiger partial charge in [0, 0.05) is 0 Å². The molecule has 0 nitrogen and oxygen atoms in total. The molecule has 0 aliphatic heterocycles.